The standard InChI is InChI=1S/C14H29N3O2/c1-6-7-11(4)17-14(19)12(5)15-9-13(18)16-8-10(2)3/h10-12,15H,6-9H2,1-5H3,(H,16,18)(H,17,19). The van der Waals surface area contributed by atoms with Crippen LogP contribution in [0.4, 0.5) is 0 Å². The topological polar surface area (TPSA) is 70.2 Å². The van der Waals surface area contributed by atoms with Gasteiger partial charge in [0.25, 0.3) is 0 Å². The Morgan fingerprint density at radius 3 is 2.26 bits per heavy atom. The molecule has 0 aliphatic heterocycles. The third-order valence-electron chi connectivity index (χ3n) is 2.78. The van der Waals surface area contributed by atoms with E-state index >= 15 is 0 Å². The van der Waals surface area contributed by atoms with Crippen LogP contribution in [0, 0.1) is 5.92 Å². The van der Waals surface area contributed by atoms with Crippen LogP contribution < -0.4 is 16.0 Å². The smallest absolute Gasteiger partial charge is 0.237 e. The lowest BCUT2D eigenvalue weighted by atomic mass is 10.2. The number of carbonyl (C=O) groups is 2. The second-order valence-corrected chi connectivity index (χ2v) is 5.50. The molecule has 19 heavy (non-hydrogen) atoms. The van der Waals surface area contributed by atoms with Crippen LogP contribution in [0.5, 0.6) is 0 Å². The molecule has 2 atom stereocenters. The molecular weight excluding hydrogens is 242 g/mol. The van der Waals surface area contributed by atoms with Crippen molar-refractivity contribution >= 4 is 11.8 Å². The second-order valence-electron chi connectivity index (χ2n) is 5.50. The number of hydrogen-bond donors (Lipinski definition) is 3. The number of nitrogens with one attached hydrogen (secondary N) is 3. The normalized spacial score (nSPS) is 14.0. The first kappa shape index (κ1) is 17.9. The summed E-state index contributed by atoms with van der Waals surface area (Å²) in [5.41, 5.74) is 0. The number of rotatable bonds is 9. The van der Waals surface area contributed by atoms with Crippen molar-refractivity contribution in [1.82, 2.24) is 16.0 Å². The predicted molar refractivity (Wildman–Crippen MR) is 77.8 cm³/mol. The molecule has 0 aliphatic carbocycles. The summed E-state index contributed by atoms with van der Waals surface area (Å²) < 4.78 is 0. The van der Waals surface area contributed by atoms with E-state index < -0.39 is 0 Å². The van der Waals surface area contributed by atoms with Crippen molar-refractivity contribution in [2.24, 2.45) is 5.92 Å². The fourth-order valence-corrected chi connectivity index (χ4v) is 1.59. The van der Waals surface area contributed by atoms with Crippen molar-refractivity contribution < 1.29 is 9.59 Å². The summed E-state index contributed by atoms with van der Waals surface area (Å²) in [5, 5.41) is 8.65. The summed E-state index contributed by atoms with van der Waals surface area (Å²) in [6.07, 6.45) is 2.01. The van der Waals surface area contributed by atoms with Crippen LogP contribution in [-0.4, -0.2) is 37.0 Å². The Labute approximate surface area is 116 Å². The van der Waals surface area contributed by atoms with E-state index in [0.29, 0.717) is 12.5 Å². The number of hydrogen-bond acceptors (Lipinski definition) is 3. The molecular formula is C14H29N3O2. The summed E-state index contributed by atoms with van der Waals surface area (Å²) in [7, 11) is 0. The van der Waals surface area contributed by atoms with Crippen molar-refractivity contribution in [2.75, 3.05) is 13.1 Å². The minimum atomic E-state index is -0.357. The lowest BCUT2D eigenvalue weighted by Crippen LogP contribution is -2.48. The van der Waals surface area contributed by atoms with Crippen LogP contribution in [0.1, 0.15) is 47.5 Å². The first-order valence-corrected chi connectivity index (χ1v) is 7.17. The molecule has 2 unspecified atom stereocenters. The lowest BCUT2D eigenvalue weighted by Gasteiger charge is -2.18. The molecule has 0 bridgehead atoms. The molecule has 0 aromatic carbocycles. The van der Waals surface area contributed by atoms with E-state index in [0.717, 1.165) is 12.8 Å². The maximum Gasteiger partial charge on any atom is 0.237 e. The van der Waals surface area contributed by atoms with Crippen molar-refractivity contribution in [3.63, 3.8) is 0 Å². The van der Waals surface area contributed by atoms with Gasteiger partial charge in [-0.3, -0.25) is 14.9 Å². The highest BCUT2D eigenvalue weighted by Gasteiger charge is 2.15. The fourth-order valence-electron chi connectivity index (χ4n) is 1.59. The molecule has 0 saturated heterocycles. The van der Waals surface area contributed by atoms with Gasteiger partial charge in [0.05, 0.1) is 12.6 Å². The summed E-state index contributed by atoms with van der Waals surface area (Å²) >= 11 is 0. The van der Waals surface area contributed by atoms with Gasteiger partial charge in [-0.1, -0.05) is 27.2 Å². The Balaban J connectivity index is 3.86. The molecule has 2 amide bonds. The van der Waals surface area contributed by atoms with E-state index in [4.69, 9.17) is 0 Å². The quantitative estimate of drug-likeness (QED) is 0.587. The largest absolute Gasteiger partial charge is 0.355 e. The number of amides is 2. The maximum atomic E-state index is 11.8. The second kappa shape index (κ2) is 9.78. The fraction of sp³-hybridized carbons (Fsp3) is 0.857. The molecule has 0 fully saturated rings. The molecule has 0 rings (SSSR count). The summed E-state index contributed by atoms with van der Waals surface area (Å²) in [4.78, 5) is 23.3. The van der Waals surface area contributed by atoms with Crippen LogP contribution in [0.3, 0.4) is 0 Å². The van der Waals surface area contributed by atoms with Crippen molar-refractivity contribution in [3.8, 4) is 0 Å². The molecule has 0 aromatic rings. The Morgan fingerprint density at radius 1 is 1.11 bits per heavy atom. The molecule has 3 N–H and O–H groups in total. The van der Waals surface area contributed by atoms with Gasteiger partial charge in [-0.05, 0) is 26.2 Å². The zero-order valence-corrected chi connectivity index (χ0v) is 12.9. The number of carbonyl (C=O) groups excluding carboxylic acids is 2. The Hall–Kier alpha value is -1.10. The first-order chi connectivity index (χ1) is 8.86. The Morgan fingerprint density at radius 2 is 1.74 bits per heavy atom. The molecule has 0 heterocycles. The first-order valence-electron chi connectivity index (χ1n) is 7.17. The van der Waals surface area contributed by atoms with Crippen LogP contribution in [-0.2, 0) is 9.59 Å². The van der Waals surface area contributed by atoms with Crippen LogP contribution in [0.15, 0.2) is 0 Å². The SMILES string of the molecule is CCCC(C)NC(=O)C(C)NCC(=O)NCC(C)C. The van der Waals surface area contributed by atoms with Crippen molar-refractivity contribution in [2.45, 2.75) is 59.5 Å². The summed E-state index contributed by atoms with van der Waals surface area (Å²) in [6, 6.07) is -0.180. The molecule has 0 aliphatic rings. The van der Waals surface area contributed by atoms with E-state index in [9.17, 15) is 9.59 Å². The van der Waals surface area contributed by atoms with Crippen molar-refractivity contribution in [1.29, 1.82) is 0 Å². The van der Waals surface area contributed by atoms with Crippen LogP contribution >= 0.6 is 0 Å². The van der Waals surface area contributed by atoms with Crippen LogP contribution in [0.2, 0.25) is 0 Å². The molecule has 0 spiro atoms. The third-order valence-corrected chi connectivity index (χ3v) is 2.78. The minimum Gasteiger partial charge on any atom is -0.355 e. The van der Waals surface area contributed by atoms with Gasteiger partial charge in [0.15, 0.2) is 0 Å². The van der Waals surface area contributed by atoms with E-state index in [2.05, 4.69) is 22.9 Å². The Kier molecular flexibility index (Phi) is 9.21. The zero-order chi connectivity index (χ0) is 14.8. The molecule has 5 nitrogen and oxygen atoms in total. The van der Waals surface area contributed by atoms with E-state index in [1.54, 1.807) is 6.92 Å². The zero-order valence-electron chi connectivity index (χ0n) is 12.9. The van der Waals surface area contributed by atoms with E-state index in [-0.39, 0.29) is 30.4 Å². The summed E-state index contributed by atoms with van der Waals surface area (Å²) in [5.74, 6) is 0.298. The monoisotopic (exact) mass is 271 g/mol. The highest BCUT2D eigenvalue weighted by atomic mass is 16.2. The lowest BCUT2D eigenvalue weighted by molar-refractivity contribution is -0.124. The molecule has 0 saturated carbocycles. The van der Waals surface area contributed by atoms with E-state index in [1.165, 1.54) is 0 Å². The van der Waals surface area contributed by atoms with Gasteiger partial charge in [-0.25, -0.2) is 0 Å². The predicted octanol–water partition coefficient (Wildman–Crippen LogP) is 1.04. The average molecular weight is 271 g/mol. The van der Waals surface area contributed by atoms with Gasteiger partial charge in [0, 0.05) is 12.6 Å². The minimum absolute atomic E-state index is 0.0578. The van der Waals surface area contributed by atoms with Gasteiger partial charge in [0.2, 0.25) is 11.8 Å². The van der Waals surface area contributed by atoms with Gasteiger partial charge in [-0.2, -0.15) is 0 Å². The average Bonchev–Trinajstić information content (AvgIpc) is 2.33. The highest BCUT2D eigenvalue weighted by molar-refractivity contribution is 5.83. The Bertz CT molecular complexity index is 280. The third kappa shape index (κ3) is 9.47. The van der Waals surface area contributed by atoms with Gasteiger partial charge in [-0.15, -0.1) is 0 Å². The summed E-state index contributed by atoms with van der Waals surface area (Å²) in [6.45, 7) is 10.8. The van der Waals surface area contributed by atoms with E-state index in [1.807, 2.05) is 20.8 Å². The van der Waals surface area contributed by atoms with Gasteiger partial charge >= 0.3 is 0 Å². The maximum absolute atomic E-state index is 11.8. The van der Waals surface area contributed by atoms with Gasteiger partial charge in [0.1, 0.15) is 0 Å². The van der Waals surface area contributed by atoms with Gasteiger partial charge < -0.3 is 10.6 Å². The van der Waals surface area contributed by atoms with Crippen molar-refractivity contribution in [3.05, 3.63) is 0 Å². The molecule has 0 aromatic heterocycles. The van der Waals surface area contributed by atoms with Crippen LogP contribution in [0.25, 0.3) is 0 Å². The molecule has 112 valence electrons. The molecule has 5 heteroatoms. The highest BCUT2D eigenvalue weighted by Crippen LogP contribution is 1.95. The molecule has 0 radical (unpaired) electrons.